The molecule has 0 fully saturated rings. The Morgan fingerprint density at radius 2 is 0.771 bits per heavy atom. The zero-order valence-corrected chi connectivity index (χ0v) is 42.5. The van der Waals surface area contributed by atoms with Gasteiger partial charge in [-0.15, -0.1) is 0 Å². The van der Waals surface area contributed by atoms with E-state index in [9.17, 15) is 0 Å². The highest BCUT2D eigenvalue weighted by Crippen LogP contribution is 2.61. The quantitative estimate of drug-likeness (QED) is 0.161. The normalized spacial score (nSPS) is 15.3. The highest BCUT2D eigenvalue weighted by molar-refractivity contribution is 5.94. The minimum Gasteiger partial charge on any atom is -0.310 e. The van der Waals surface area contributed by atoms with Crippen LogP contribution in [0.5, 0.6) is 0 Å². The maximum Gasteiger partial charge on any atom is 0.0717 e. The van der Waals surface area contributed by atoms with Crippen LogP contribution in [0, 0.1) is 0 Å². The molecule has 0 saturated carbocycles. The molecule has 3 aliphatic carbocycles. The molecule has 0 spiro atoms. The second kappa shape index (κ2) is 15.4. The second-order valence-corrected chi connectivity index (χ2v) is 23.4. The van der Waals surface area contributed by atoms with Gasteiger partial charge in [0.1, 0.15) is 0 Å². The minimum absolute atomic E-state index is 0.0294. The zero-order chi connectivity index (χ0) is 48.5. The standard InChI is InChI=1S/C69H63N/c1-65(2,3)46-30-32-49(33-31-46)70(50-34-37-55-53-26-18-20-28-59(53)68(9,10)61(55)42-50)51-35-38-56-57-39-45(44-29-36-54-52-25-17-19-27-58(52)67(7,8)60(54)40-44)41-63(66(4,5)6)64(57)69(62(56)43-51,47-21-13-11-14-22-47)48-23-15-12-16-24-48/h11-43H,1-10H3. The first-order valence-electron chi connectivity index (χ1n) is 25.3. The highest BCUT2D eigenvalue weighted by Gasteiger charge is 2.49. The molecule has 0 bridgehead atoms. The number of nitrogens with zero attached hydrogens (tertiary/aromatic N) is 1. The van der Waals surface area contributed by atoms with Crippen molar-refractivity contribution in [1.82, 2.24) is 0 Å². The third-order valence-electron chi connectivity index (χ3n) is 16.4. The predicted octanol–water partition coefficient (Wildman–Crippen LogP) is 18.4. The van der Waals surface area contributed by atoms with Gasteiger partial charge in [-0.25, -0.2) is 0 Å². The molecule has 0 unspecified atom stereocenters. The lowest BCUT2D eigenvalue weighted by Crippen LogP contribution is -2.32. The van der Waals surface area contributed by atoms with Crippen LogP contribution in [0.2, 0.25) is 0 Å². The van der Waals surface area contributed by atoms with Crippen molar-refractivity contribution in [2.24, 2.45) is 0 Å². The third kappa shape index (κ3) is 6.43. The first-order valence-corrected chi connectivity index (χ1v) is 25.3. The van der Waals surface area contributed by atoms with Crippen LogP contribution >= 0.6 is 0 Å². The van der Waals surface area contributed by atoms with Gasteiger partial charge in [0.15, 0.2) is 0 Å². The Morgan fingerprint density at radius 1 is 0.329 bits per heavy atom. The van der Waals surface area contributed by atoms with Gasteiger partial charge in [-0.2, -0.15) is 0 Å². The third-order valence-corrected chi connectivity index (χ3v) is 16.4. The Morgan fingerprint density at radius 3 is 1.30 bits per heavy atom. The smallest absolute Gasteiger partial charge is 0.0717 e. The van der Waals surface area contributed by atoms with Crippen molar-refractivity contribution in [2.45, 2.75) is 96.3 Å². The van der Waals surface area contributed by atoms with Gasteiger partial charge in [-0.3, -0.25) is 0 Å². The Balaban J connectivity index is 1.13. The summed E-state index contributed by atoms with van der Waals surface area (Å²) >= 11 is 0. The fourth-order valence-electron chi connectivity index (χ4n) is 12.8. The van der Waals surface area contributed by atoms with E-state index in [1.54, 1.807) is 0 Å². The number of rotatable bonds is 6. The fourth-order valence-corrected chi connectivity index (χ4v) is 12.8. The van der Waals surface area contributed by atoms with Crippen LogP contribution in [0.1, 0.15) is 125 Å². The Bertz CT molecular complexity index is 3500. The van der Waals surface area contributed by atoms with Crippen LogP contribution in [0.15, 0.2) is 200 Å². The molecule has 1 heteroatoms. The Hall–Kier alpha value is -7.22. The molecule has 9 aromatic carbocycles. The van der Waals surface area contributed by atoms with Crippen molar-refractivity contribution >= 4 is 17.1 Å². The van der Waals surface area contributed by atoms with Crippen molar-refractivity contribution in [2.75, 3.05) is 4.90 Å². The number of fused-ring (bicyclic) bond motifs is 9. The SMILES string of the molecule is CC(C)(C)c1ccc(N(c2ccc3c(c2)C(C)(C)c2ccccc2-3)c2ccc3c(c2)C(c2ccccc2)(c2ccccc2)c2c-3cc(-c3ccc4c(c3)C(C)(C)c3ccccc3-4)cc2C(C)(C)C)cc1. The summed E-state index contributed by atoms with van der Waals surface area (Å²) in [6.45, 7) is 23.6. The summed E-state index contributed by atoms with van der Waals surface area (Å²) in [5, 5.41) is 0. The van der Waals surface area contributed by atoms with Gasteiger partial charge in [0, 0.05) is 27.9 Å². The summed E-state index contributed by atoms with van der Waals surface area (Å²) in [5.74, 6) is 0. The van der Waals surface area contributed by atoms with Crippen molar-refractivity contribution in [1.29, 1.82) is 0 Å². The minimum atomic E-state index is -0.616. The molecule has 12 rings (SSSR count). The lowest BCUT2D eigenvalue weighted by Gasteiger charge is -2.38. The molecule has 0 amide bonds. The van der Waals surface area contributed by atoms with Crippen LogP contribution in [0.25, 0.3) is 44.5 Å². The van der Waals surface area contributed by atoms with Gasteiger partial charge >= 0.3 is 0 Å². The predicted molar refractivity (Wildman–Crippen MR) is 296 cm³/mol. The van der Waals surface area contributed by atoms with E-state index in [0.29, 0.717) is 0 Å². The van der Waals surface area contributed by atoms with E-state index in [2.05, 4.69) is 274 Å². The van der Waals surface area contributed by atoms with Gasteiger partial charge in [0.05, 0.1) is 5.41 Å². The molecule has 9 aromatic rings. The van der Waals surface area contributed by atoms with E-state index in [1.165, 1.54) is 100 Å². The van der Waals surface area contributed by atoms with Crippen molar-refractivity contribution < 1.29 is 0 Å². The topological polar surface area (TPSA) is 3.24 Å². The van der Waals surface area contributed by atoms with Crippen LogP contribution in [0.3, 0.4) is 0 Å². The Labute approximate surface area is 416 Å². The lowest BCUT2D eigenvalue weighted by molar-refractivity contribution is 0.573. The fraction of sp³-hybridized carbons (Fsp3) is 0.217. The summed E-state index contributed by atoms with van der Waals surface area (Å²) in [7, 11) is 0. The largest absolute Gasteiger partial charge is 0.310 e. The molecule has 0 atom stereocenters. The molecule has 0 heterocycles. The molecule has 0 saturated heterocycles. The average molecular weight is 906 g/mol. The summed E-state index contributed by atoms with van der Waals surface area (Å²) < 4.78 is 0. The molecular formula is C69H63N. The molecule has 0 aliphatic heterocycles. The van der Waals surface area contributed by atoms with E-state index in [4.69, 9.17) is 0 Å². The van der Waals surface area contributed by atoms with Crippen molar-refractivity contribution in [3.63, 3.8) is 0 Å². The summed E-state index contributed by atoms with van der Waals surface area (Å²) in [6, 6.07) is 76.8. The van der Waals surface area contributed by atoms with Gasteiger partial charge < -0.3 is 4.90 Å². The molecule has 3 aliphatic rings. The number of hydrogen-bond donors (Lipinski definition) is 0. The van der Waals surface area contributed by atoms with Crippen molar-refractivity contribution in [3.8, 4) is 44.5 Å². The molecule has 1 nitrogen and oxygen atoms in total. The summed E-state index contributed by atoms with van der Waals surface area (Å²) in [6.07, 6.45) is 0. The molecule has 70 heavy (non-hydrogen) atoms. The molecule has 344 valence electrons. The van der Waals surface area contributed by atoms with E-state index < -0.39 is 5.41 Å². The highest BCUT2D eigenvalue weighted by atomic mass is 15.1. The number of anilines is 3. The summed E-state index contributed by atoms with van der Waals surface area (Å²) in [5.41, 5.74) is 26.3. The molecular weight excluding hydrogens is 843 g/mol. The Kier molecular flexibility index (Phi) is 9.68. The van der Waals surface area contributed by atoms with Gasteiger partial charge in [0.2, 0.25) is 0 Å². The van der Waals surface area contributed by atoms with Crippen LogP contribution in [0.4, 0.5) is 17.1 Å². The van der Waals surface area contributed by atoms with E-state index >= 15 is 0 Å². The molecule has 0 N–H and O–H groups in total. The first-order chi connectivity index (χ1) is 33.5. The van der Waals surface area contributed by atoms with E-state index in [0.717, 1.165) is 17.1 Å². The van der Waals surface area contributed by atoms with Gasteiger partial charge in [-0.1, -0.05) is 221 Å². The van der Waals surface area contributed by atoms with Gasteiger partial charge in [-0.05, 0) is 160 Å². The van der Waals surface area contributed by atoms with Crippen molar-refractivity contribution in [3.05, 3.63) is 256 Å². The second-order valence-electron chi connectivity index (χ2n) is 23.4. The molecule has 0 radical (unpaired) electrons. The maximum atomic E-state index is 2.54. The molecule has 0 aromatic heterocycles. The monoisotopic (exact) mass is 905 g/mol. The lowest BCUT2D eigenvalue weighted by atomic mass is 9.64. The van der Waals surface area contributed by atoms with E-state index in [-0.39, 0.29) is 21.7 Å². The first kappa shape index (κ1) is 44.0. The van der Waals surface area contributed by atoms with Crippen LogP contribution < -0.4 is 4.90 Å². The number of hydrogen-bond acceptors (Lipinski definition) is 1. The average Bonchev–Trinajstić information content (AvgIpc) is 3.88. The zero-order valence-electron chi connectivity index (χ0n) is 42.5. The summed E-state index contributed by atoms with van der Waals surface area (Å²) in [4.78, 5) is 2.51. The maximum absolute atomic E-state index is 2.54. The van der Waals surface area contributed by atoms with Gasteiger partial charge in [0.25, 0.3) is 0 Å². The van der Waals surface area contributed by atoms with E-state index in [1.807, 2.05) is 0 Å². The van der Waals surface area contributed by atoms with Crippen LogP contribution in [-0.4, -0.2) is 0 Å². The number of benzene rings is 9. The van der Waals surface area contributed by atoms with Crippen LogP contribution in [-0.2, 0) is 27.1 Å².